The number of allylic oxidation sites excluding steroid dienone is 1. The highest BCUT2D eigenvalue weighted by molar-refractivity contribution is 5.05. The summed E-state index contributed by atoms with van der Waals surface area (Å²) in [6, 6.07) is 0. The van der Waals surface area contributed by atoms with Crippen LogP contribution in [0.3, 0.4) is 0 Å². The molecule has 0 amide bonds. The fraction of sp³-hybridized carbons (Fsp3) is 0.818. The maximum absolute atomic E-state index is 4.11. The van der Waals surface area contributed by atoms with Crippen molar-refractivity contribution in [1.29, 1.82) is 0 Å². The molecule has 1 atom stereocenters. The van der Waals surface area contributed by atoms with E-state index in [0.717, 1.165) is 5.92 Å². The van der Waals surface area contributed by atoms with E-state index in [-0.39, 0.29) is 0 Å². The van der Waals surface area contributed by atoms with Gasteiger partial charge in [0.25, 0.3) is 0 Å². The van der Waals surface area contributed by atoms with E-state index in [4.69, 9.17) is 0 Å². The van der Waals surface area contributed by atoms with Crippen LogP contribution >= 0.6 is 0 Å². The van der Waals surface area contributed by atoms with Crippen molar-refractivity contribution in [3.05, 3.63) is 12.2 Å². The fourth-order valence-corrected chi connectivity index (χ4v) is 0.871. The third kappa shape index (κ3) is 4.23. The summed E-state index contributed by atoms with van der Waals surface area (Å²) in [5.74, 6) is 0.793. The van der Waals surface area contributed by atoms with Crippen molar-refractivity contribution in [2.45, 2.75) is 47.5 Å². The summed E-state index contributed by atoms with van der Waals surface area (Å²) in [5.41, 5.74) is 1.68. The molecule has 0 heterocycles. The lowest BCUT2D eigenvalue weighted by Gasteiger charge is -2.24. The molecule has 0 bridgehead atoms. The fourth-order valence-electron chi connectivity index (χ4n) is 0.871. The SMILES string of the molecule is C=C(C[C@@H](C)CC)C(C)(C)C. The van der Waals surface area contributed by atoms with Crippen LogP contribution in [0.5, 0.6) is 0 Å². The second kappa shape index (κ2) is 3.94. The Labute approximate surface area is 71.7 Å². The minimum absolute atomic E-state index is 0.295. The first-order chi connectivity index (χ1) is 4.88. The summed E-state index contributed by atoms with van der Waals surface area (Å²) < 4.78 is 0. The van der Waals surface area contributed by atoms with Crippen LogP contribution in [0.1, 0.15) is 47.5 Å². The van der Waals surface area contributed by atoms with Crippen LogP contribution in [0.2, 0.25) is 0 Å². The van der Waals surface area contributed by atoms with Gasteiger partial charge < -0.3 is 0 Å². The Morgan fingerprint density at radius 2 is 1.82 bits per heavy atom. The zero-order valence-corrected chi connectivity index (χ0v) is 8.70. The first kappa shape index (κ1) is 10.7. The Morgan fingerprint density at radius 1 is 1.36 bits per heavy atom. The number of hydrogen-bond acceptors (Lipinski definition) is 0. The smallest absolute Gasteiger partial charge is 0.0176 e. The Bertz CT molecular complexity index is 125. The minimum atomic E-state index is 0.295. The third-order valence-corrected chi connectivity index (χ3v) is 2.35. The van der Waals surface area contributed by atoms with Crippen LogP contribution in [0.25, 0.3) is 0 Å². The van der Waals surface area contributed by atoms with E-state index in [1.807, 2.05) is 0 Å². The standard InChI is InChI=1S/C11H22/c1-7-9(2)8-10(3)11(4,5)6/h9H,3,7-8H2,1-2,4-6H3/t9-/m0/s1. The second-order valence-electron chi connectivity index (χ2n) is 4.57. The molecule has 0 nitrogen and oxygen atoms in total. The van der Waals surface area contributed by atoms with Crippen LogP contribution in [-0.4, -0.2) is 0 Å². The molecule has 0 rings (SSSR count). The highest BCUT2D eigenvalue weighted by Gasteiger charge is 2.15. The summed E-state index contributed by atoms with van der Waals surface area (Å²) in [7, 11) is 0. The maximum Gasteiger partial charge on any atom is -0.0176 e. The quantitative estimate of drug-likeness (QED) is 0.538. The molecule has 0 radical (unpaired) electrons. The van der Waals surface area contributed by atoms with Gasteiger partial charge in [-0.2, -0.15) is 0 Å². The monoisotopic (exact) mass is 154 g/mol. The van der Waals surface area contributed by atoms with E-state index >= 15 is 0 Å². The molecule has 0 fully saturated rings. The summed E-state index contributed by atoms with van der Waals surface area (Å²) >= 11 is 0. The van der Waals surface area contributed by atoms with Crippen molar-refractivity contribution < 1.29 is 0 Å². The van der Waals surface area contributed by atoms with Crippen molar-refractivity contribution in [2.24, 2.45) is 11.3 Å². The van der Waals surface area contributed by atoms with Crippen LogP contribution < -0.4 is 0 Å². The van der Waals surface area contributed by atoms with Crippen molar-refractivity contribution in [3.8, 4) is 0 Å². The normalized spacial score (nSPS) is 14.6. The average Bonchev–Trinajstić information content (AvgIpc) is 1.85. The lowest BCUT2D eigenvalue weighted by atomic mass is 9.82. The summed E-state index contributed by atoms with van der Waals surface area (Å²) in [4.78, 5) is 0. The van der Waals surface area contributed by atoms with Crippen molar-refractivity contribution >= 4 is 0 Å². The number of hydrogen-bond donors (Lipinski definition) is 0. The molecule has 0 aliphatic rings. The molecular formula is C11H22. The van der Waals surface area contributed by atoms with Crippen molar-refractivity contribution in [3.63, 3.8) is 0 Å². The predicted octanol–water partition coefficient (Wildman–Crippen LogP) is 4.02. The van der Waals surface area contributed by atoms with E-state index in [9.17, 15) is 0 Å². The first-order valence-electron chi connectivity index (χ1n) is 4.56. The predicted molar refractivity (Wildman–Crippen MR) is 52.7 cm³/mol. The molecule has 0 unspecified atom stereocenters. The summed E-state index contributed by atoms with van der Waals surface area (Å²) in [6.45, 7) is 15.3. The first-order valence-corrected chi connectivity index (χ1v) is 4.56. The van der Waals surface area contributed by atoms with Gasteiger partial charge in [0, 0.05) is 0 Å². The van der Waals surface area contributed by atoms with Crippen LogP contribution in [-0.2, 0) is 0 Å². The lowest BCUT2D eigenvalue weighted by molar-refractivity contribution is 0.438. The molecule has 11 heavy (non-hydrogen) atoms. The summed E-state index contributed by atoms with van der Waals surface area (Å²) in [5, 5.41) is 0. The van der Waals surface area contributed by atoms with E-state index in [2.05, 4.69) is 41.2 Å². The average molecular weight is 154 g/mol. The molecule has 66 valence electrons. The zero-order chi connectivity index (χ0) is 9.07. The van der Waals surface area contributed by atoms with Crippen LogP contribution in [0.15, 0.2) is 12.2 Å². The van der Waals surface area contributed by atoms with Gasteiger partial charge in [0.1, 0.15) is 0 Å². The van der Waals surface area contributed by atoms with Gasteiger partial charge in [0.05, 0.1) is 0 Å². The van der Waals surface area contributed by atoms with E-state index in [1.54, 1.807) is 0 Å². The van der Waals surface area contributed by atoms with Gasteiger partial charge in [-0.1, -0.05) is 53.2 Å². The van der Waals surface area contributed by atoms with Crippen molar-refractivity contribution in [1.82, 2.24) is 0 Å². The lowest BCUT2D eigenvalue weighted by Crippen LogP contribution is -2.10. The van der Waals surface area contributed by atoms with Crippen LogP contribution in [0, 0.1) is 11.3 Å². The highest BCUT2D eigenvalue weighted by atomic mass is 14.2. The van der Waals surface area contributed by atoms with E-state index in [0.29, 0.717) is 5.41 Å². The minimum Gasteiger partial charge on any atom is -0.0993 e. The second-order valence-corrected chi connectivity index (χ2v) is 4.57. The van der Waals surface area contributed by atoms with Crippen LogP contribution in [0.4, 0.5) is 0 Å². The Kier molecular flexibility index (Phi) is 3.85. The van der Waals surface area contributed by atoms with Gasteiger partial charge in [-0.3, -0.25) is 0 Å². The van der Waals surface area contributed by atoms with Gasteiger partial charge in [-0.25, -0.2) is 0 Å². The van der Waals surface area contributed by atoms with Gasteiger partial charge in [-0.15, -0.1) is 0 Å². The molecule has 0 aromatic heterocycles. The molecule has 0 aromatic rings. The van der Waals surface area contributed by atoms with Gasteiger partial charge in [-0.05, 0) is 17.8 Å². The van der Waals surface area contributed by atoms with E-state index in [1.165, 1.54) is 18.4 Å². The molecule has 0 aromatic carbocycles. The molecule has 0 aliphatic carbocycles. The maximum atomic E-state index is 4.11. The van der Waals surface area contributed by atoms with Gasteiger partial charge in [0.2, 0.25) is 0 Å². The molecule has 0 heteroatoms. The third-order valence-electron chi connectivity index (χ3n) is 2.35. The Morgan fingerprint density at radius 3 is 2.09 bits per heavy atom. The molecule has 0 N–H and O–H groups in total. The molecular weight excluding hydrogens is 132 g/mol. The zero-order valence-electron chi connectivity index (χ0n) is 8.70. The molecule has 0 spiro atoms. The largest absolute Gasteiger partial charge is 0.0993 e. The van der Waals surface area contributed by atoms with Gasteiger partial charge in [0.15, 0.2) is 0 Å². The van der Waals surface area contributed by atoms with E-state index < -0.39 is 0 Å². The molecule has 0 saturated carbocycles. The van der Waals surface area contributed by atoms with Crippen molar-refractivity contribution in [2.75, 3.05) is 0 Å². The Balaban J connectivity index is 3.88. The summed E-state index contributed by atoms with van der Waals surface area (Å²) in [6.07, 6.45) is 2.44. The highest BCUT2D eigenvalue weighted by Crippen LogP contribution is 2.29. The number of rotatable bonds is 3. The topological polar surface area (TPSA) is 0 Å². The van der Waals surface area contributed by atoms with Gasteiger partial charge >= 0.3 is 0 Å². The molecule has 0 aliphatic heterocycles. The Hall–Kier alpha value is -0.260. The molecule has 0 saturated heterocycles.